The largest absolute Gasteiger partial charge is 0.326 e. The molecule has 0 aliphatic rings. The molecule has 0 aromatic heterocycles. The van der Waals surface area contributed by atoms with Gasteiger partial charge in [0.25, 0.3) is 0 Å². The lowest BCUT2D eigenvalue weighted by Gasteiger charge is -2.10. The Bertz CT molecular complexity index is 773. The smallest absolute Gasteiger partial charge is 0.224 e. The first-order valence-electron chi connectivity index (χ1n) is 10.6. The molecule has 2 amide bonds. The summed E-state index contributed by atoms with van der Waals surface area (Å²) in [6, 6.07) is 11.9. The summed E-state index contributed by atoms with van der Waals surface area (Å²) in [5.41, 5.74) is 6.43. The van der Waals surface area contributed by atoms with Gasteiger partial charge in [-0.2, -0.15) is 0 Å². The van der Waals surface area contributed by atoms with E-state index in [-0.39, 0.29) is 11.8 Å². The average Bonchev–Trinajstić information content (AvgIpc) is 2.68. The fraction of sp³-hybridized carbons (Fsp3) is 0.440. The maximum Gasteiger partial charge on any atom is 0.224 e. The molecule has 29 heavy (non-hydrogen) atoms. The molecule has 2 rings (SSSR count). The SMILES string of the molecule is Cc1cccc(NC(=O)CCCCCCCC(=O)Nc2cccc(C)c2C)c1C. The molecule has 0 fully saturated rings. The van der Waals surface area contributed by atoms with Crippen molar-refractivity contribution in [1.29, 1.82) is 0 Å². The summed E-state index contributed by atoms with van der Waals surface area (Å²) in [7, 11) is 0. The van der Waals surface area contributed by atoms with Crippen LogP contribution in [0, 0.1) is 27.7 Å². The first kappa shape index (κ1) is 22.7. The lowest BCUT2D eigenvalue weighted by atomic mass is 10.1. The molecule has 4 nitrogen and oxygen atoms in total. The third-order valence-corrected chi connectivity index (χ3v) is 5.57. The van der Waals surface area contributed by atoms with Gasteiger partial charge in [0.05, 0.1) is 0 Å². The summed E-state index contributed by atoms with van der Waals surface area (Å²) >= 11 is 0. The van der Waals surface area contributed by atoms with Crippen molar-refractivity contribution in [2.24, 2.45) is 0 Å². The highest BCUT2D eigenvalue weighted by atomic mass is 16.2. The Labute approximate surface area is 175 Å². The molecule has 0 aliphatic heterocycles. The minimum atomic E-state index is 0.0756. The van der Waals surface area contributed by atoms with Gasteiger partial charge in [0.2, 0.25) is 11.8 Å². The Morgan fingerprint density at radius 2 is 1.00 bits per heavy atom. The van der Waals surface area contributed by atoms with Crippen molar-refractivity contribution in [3.05, 3.63) is 58.7 Å². The Kier molecular flexibility index (Phi) is 8.91. The highest BCUT2D eigenvalue weighted by molar-refractivity contribution is 5.92. The summed E-state index contributed by atoms with van der Waals surface area (Å²) in [5.74, 6) is 0.151. The van der Waals surface area contributed by atoms with E-state index < -0.39 is 0 Å². The summed E-state index contributed by atoms with van der Waals surface area (Å²) in [6.45, 7) is 8.16. The number of nitrogens with one attached hydrogen (secondary N) is 2. The van der Waals surface area contributed by atoms with Crippen molar-refractivity contribution < 1.29 is 9.59 Å². The van der Waals surface area contributed by atoms with Gasteiger partial charge in [-0.3, -0.25) is 9.59 Å². The number of carbonyl (C=O) groups is 2. The minimum absolute atomic E-state index is 0.0756. The molecule has 2 aromatic rings. The molecule has 0 aliphatic carbocycles. The molecular weight excluding hydrogens is 360 g/mol. The molecule has 0 spiro atoms. The number of unbranched alkanes of at least 4 members (excludes halogenated alkanes) is 4. The van der Waals surface area contributed by atoms with Crippen LogP contribution in [0.15, 0.2) is 36.4 Å². The molecule has 156 valence electrons. The standard InChI is InChI=1S/C25H34N2O2/c1-18-12-10-14-22(20(18)3)26-24(28)16-8-6-5-7-9-17-25(29)27-23-15-11-13-19(2)21(23)4/h10-15H,5-9,16-17H2,1-4H3,(H,26,28)(H,27,29). The van der Waals surface area contributed by atoms with Crippen LogP contribution < -0.4 is 10.6 Å². The Morgan fingerprint density at radius 3 is 1.41 bits per heavy atom. The average molecular weight is 395 g/mol. The fourth-order valence-corrected chi connectivity index (χ4v) is 3.30. The molecular formula is C25H34N2O2. The number of rotatable bonds is 10. The minimum Gasteiger partial charge on any atom is -0.326 e. The van der Waals surface area contributed by atoms with Crippen molar-refractivity contribution in [3.8, 4) is 0 Å². The van der Waals surface area contributed by atoms with Crippen LogP contribution >= 0.6 is 0 Å². The zero-order valence-corrected chi connectivity index (χ0v) is 18.2. The summed E-state index contributed by atoms with van der Waals surface area (Å²) in [5, 5.41) is 6.02. The van der Waals surface area contributed by atoms with Crippen LogP contribution in [-0.2, 0) is 9.59 Å². The number of amides is 2. The van der Waals surface area contributed by atoms with Crippen molar-refractivity contribution in [2.45, 2.75) is 72.6 Å². The molecule has 0 heterocycles. The van der Waals surface area contributed by atoms with Crippen LogP contribution in [0.5, 0.6) is 0 Å². The van der Waals surface area contributed by atoms with Gasteiger partial charge in [-0.15, -0.1) is 0 Å². The van der Waals surface area contributed by atoms with Gasteiger partial charge in [-0.25, -0.2) is 0 Å². The monoisotopic (exact) mass is 394 g/mol. The topological polar surface area (TPSA) is 58.2 Å². The molecule has 0 atom stereocenters. The molecule has 0 unspecified atom stereocenters. The molecule has 4 heteroatoms. The van der Waals surface area contributed by atoms with Gasteiger partial charge in [0.1, 0.15) is 0 Å². The third kappa shape index (κ3) is 7.37. The van der Waals surface area contributed by atoms with Gasteiger partial charge < -0.3 is 10.6 Å². The van der Waals surface area contributed by atoms with Gasteiger partial charge in [0.15, 0.2) is 0 Å². The molecule has 0 bridgehead atoms. The van der Waals surface area contributed by atoms with E-state index in [2.05, 4.69) is 10.6 Å². The lowest BCUT2D eigenvalue weighted by Crippen LogP contribution is -2.12. The first-order chi connectivity index (χ1) is 13.9. The van der Waals surface area contributed by atoms with Crippen LogP contribution in [0.1, 0.15) is 67.2 Å². The van der Waals surface area contributed by atoms with Crippen LogP contribution in [0.25, 0.3) is 0 Å². The summed E-state index contributed by atoms with van der Waals surface area (Å²) < 4.78 is 0. The van der Waals surface area contributed by atoms with E-state index in [9.17, 15) is 9.59 Å². The zero-order valence-electron chi connectivity index (χ0n) is 18.2. The Morgan fingerprint density at radius 1 is 0.621 bits per heavy atom. The number of benzene rings is 2. The predicted octanol–water partition coefficient (Wildman–Crippen LogP) is 6.23. The van der Waals surface area contributed by atoms with Crippen LogP contribution in [0.4, 0.5) is 11.4 Å². The van der Waals surface area contributed by atoms with Crippen molar-refractivity contribution >= 4 is 23.2 Å². The van der Waals surface area contributed by atoms with Crippen molar-refractivity contribution in [3.63, 3.8) is 0 Å². The van der Waals surface area contributed by atoms with E-state index in [1.54, 1.807) is 0 Å². The summed E-state index contributed by atoms with van der Waals surface area (Å²) in [4.78, 5) is 24.2. The van der Waals surface area contributed by atoms with Crippen molar-refractivity contribution in [1.82, 2.24) is 0 Å². The van der Waals surface area contributed by atoms with Crippen molar-refractivity contribution in [2.75, 3.05) is 10.6 Å². The maximum absolute atomic E-state index is 12.1. The predicted molar refractivity (Wildman–Crippen MR) is 121 cm³/mol. The van der Waals surface area contributed by atoms with Crippen LogP contribution in [0.2, 0.25) is 0 Å². The lowest BCUT2D eigenvalue weighted by molar-refractivity contribution is -0.117. The Balaban J connectivity index is 1.56. The second kappa shape index (κ2) is 11.4. The van der Waals surface area contributed by atoms with Crippen LogP contribution in [0.3, 0.4) is 0 Å². The molecule has 0 radical (unpaired) electrons. The molecule has 0 saturated heterocycles. The van der Waals surface area contributed by atoms with Gasteiger partial charge in [-0.1, -0.05) is 43.5 Å². The number of aryl methyl sites for hydroxylation is 2. The molecule has 2 aromatic carbocycles. The second-order valence-electron chi connectivity index (χ2n) is 7.86. The maximum atomic E-state index is 12.1. The van der Waals surface area contributed by atoms with E-state index in [1.807, 2.05) is 64.1 Å². The van der Waals surface area contributed by atoms with Gasteiger partial charge in [0, 0.05) is 24.2 Å². The normalized spacial score (nSPS) is 10.6. The summed E-state index contributed by atoms with van der Waals surface area (Å²) in [6.07, 6.45) is 5.92. The number of hydrogen-bond donors (Lipinski definition) is 2. The first-order valence-corrected chi connectivity index (χ1v) is 10.6. The number of anilines is 2. The number of hydrogen-bond acceptors (Lipinski definition) is 2. The fourth-order valence-electron chi connectivity index (χ4n) is 3.30. The number of carbonyl (C=O) groups excluding carboxylic acids is 2. The van der Waals surface area contributed by atoms with Gasteiger partial charge >= 0.3 is 0 Å². The van der Waals surface area contributed by atoms with E-state index >= 15 is 0 Å². The quantitative estimate of drug-likeness (QED) is 0.469. The Hall–Kier alpha value is -2.62. The zero-order chi connectivity index (χ0) is 21.2. The van der Waals surface area contributed by atoms with Crippen LogP contribution in [-0.4, -0.2) is 11.8 Å². The molecule has 2 N–H and O–H groups in total. The van der Waals surface area contributed by atoms with E-state index in [0.29, 0.717) is 12.8 Å². The van der Waals surface area contributed by atoms with E-state index in [0.717, 1.165) is 54.6 Å². The highest BCUT2D eigenvalue weighted by Crippen LogP contribution is 2.20. The van der Waals surface area contributed by atoms with Gasteiger partial charge in [-0.05, 0) is 74.9 Å². The van der Waals surface area contributed by atoms with E-state index in [1.165, 1.54) is 11.1 Å². The van der Waals surface area contributed by atoms with E-state index in [4.69, 9.17) is 0 Å². The second-order valence-corrected chi connectivity index (χ2v) is 7.86. The third-order valence-electron chi connectivity index (χ3n) is 5.57. The highest BCUT2D eigenvalue weighted by Gasteiger charge is 2.07. The molecule has 0 saturated carbocycles.